The topological polar surface area (TPSA) is 55.1 Å². The summed E-state index contributed by atoms with van der Waals surface area (Å²) >= 11 is 0. The number of fused-ring (bicyclic) bond motifs is 2. The fraction of sp³-hybridized carbons (Fsp3) is 0.562. The van der Waals surface area contributed by atoms with Crippen LogP contribution in [-0.2, 0) is 0 Å². The number of nitrogens with two attached hydrogens (primary N) is 1. The second-order valence-corrected chi connectivity index (χ2v) is 6.31. The summed E-state index contributed by atoms with van der Waals surface area (Å²) in [6.07, 6.45) is 5.10. The maximum atomic E-state index is 13.7. The maximum absolute atomic E-state index is 13.7. The summed E-state index contributed by atoms with van der Waals surface area (Å²) < 4.78 is 26.6. The van der Waals surface area contributed by atoms with E-state index in [9.17, 15) is 13.6 Å². The molecule has 0 saturated heterocycles. The first kappa shape index (κ1) is 14.4. The minimum absolute atomic E-state index is 0.0653. The average Bonchev–Trinajstić information content (AvgIpc) is 2.39. The molecule has 2 fully saturated rings. The zero-order chi connectivity index (χ0) is 15.0. The van der Waals surface area contributed by atoms with E-state index in [1.165, 1.54) is 12.5 Å². The molecule has 2 saturated carbocycles. The summed E-state index contributed by atoms with van der Waals surface area (Å²) in [6, 6.07) is 3.32. The van der Waals surface area contributed by atoms with Crippen LogP contribution >= 0.6 is 0 Å². The lowest BCUT2D eigenvalue weighted by molar-refractivity contribution is 0.0752. The van der Waals surface area contributed by atoms with Gasteiger partial charge < -0.3 is 11.1 Å². The third kappa shape index (κ3) is 2.93. The number of amides is 1. The van der Waals surface area contributed by atoms with Crippen molar-refractivity contribution in [2.24, 2.45) is 17.6 Å². The third-order valence-electron chi connectivity index (χ3n) is 4.85. The first-order valence-corrected chi connectivity index (χ1v) is 7.56. The number of benzene rings is 1. The number of hydrogen-bond donors (Lipinski definition) is 2. The van der Waals surface area contributed by atoms with E-state index in [0.717, 1.165) is 37.8 Å². The van der Waals surface area contributed by atoms with Gasteiger partial charge in [0.2, 0.25) is 0 Å². The predicted octanol–water partition coefficient (Wildman–Crippen LogP) is 2.60. The zero-order valence-electron chi connectivity index (χ0n) is 11.8. The number of nitrogens with one attached hydrogen (secondary N) is 1. The highest BCUT2D eigenvalue weighted by Gasteiger charge is 2.40. The molecule has 3 rings (SSSR count). The lowest BCUT2D eigenvalue weighted by atomic mass is 9.67. The zero-order valence-corrected chi connectivity index (χ0v) is 11.8. The Hall–Kier alpha value is -1.49. The van der Waals surface area contributed by atoms with Crippen molar-refractivity contribution in [2.75, 3.05) is 0 Å². The molecule has 1 aromatic rings. The molecule has 1 amide bonds. The van der Waals surface area contributed by atoms with Crippen LogP contribution in [0.25, 0.3) is 0 Å². The first-order valence-electron chi connectivity index (χ1n) is 7.56. The van der Waals surface area contributed by atoms with Gasteiger partial charge in [0.15, 0.2) is 0 Å². The van der Waals surface area contributed by atoms with Gasteiger partial charge in [-0.15, -0.1) is 0 Å². The molecule has 2 aliphatic rings. The van der Waals surface area contributed by atoms with Crippen LogP contribution in [0.4, 0.5) is 8.78 Å². The molecule has 1 aromatic carbocycles. The smallest absolute Gasteiger partial charge is 0.254 e. The highest BCUT2D eigenvalue weighted by molar-refractivity contribution is 5.94. The quantitative estimate of drug-likeness (QED) is 0.881. The number of hydrogen-bond acceptors (Lipinski definition) is 2. The Labute approximate surface area is 122 Å². The number of rotatable bonds is 2. The molecule has 0 radical (unpaired) electrons. The van der Waals surface area contributed by atoms with Crippen molar-refractivity contribution >= 4 is 5.91 Å². The Morgan fingerprint density at radius 2 is 1.86 bits per heavy atom. The first-order chi connectivity index (χ1) is 10.0. The van der Waals surface area contributed by atoms with Crippen LogP contribution < -0.4 is 11.1 Å². The fourth-order valence-electron chi connectivity index (χ4n) is 3.93. The van der Waals surface area contributed by atoms with Gasteiger partial charge in [0.1, 0.15) is 11.6 Å². The molecule has 2 unspecified atom stereocenters. The van der Waals surface area contributed by atoms with Gasteiger partial charge in [-0.05, 0) is 49.7 Å². The molecule has 21 heavy (non-hydrogen) atoms. The normalized spacial score (nSPS) is 31.8. The van der Waals surface area contributed by atoms with E-state index >= 15 is 0 Å². The van der Waals surface area contributed by atoms with Crippen molar-refractivity contribution in [3.63, 3.8) is 0 Å². The summed E-state index contributed by atoms with van der Waals surface area (Å²) in [5.41, 5.74) is 5.96. The largest absolute Gasteiger partial charge is 0.349 e. The summed E-state index contributed by atoms with van der Waals surface area (Å²) in [7, 11) is 0. The van der Waals surface area contributed by atoms with Crippen molar-refractivity contribution in [1.29, 1.82) is 0 Å². The lowest BCUT2D eigenvalue weighted by Gasteiger charge is -2.45. The Balaban J connectivity index is 1.75. The van der Waals surface area contributed by atoms with E-state index in [1.807, 2.05) is 0 Å². The van der Waals surface area contributed by atoms with Crippen LogP contribution in [0.1, 0.15) is 42.5 Å². The van der Waals surface area contributed by atoms with Gasteiger partial charge in [0, 0.05) is 18.2 Å². The van der Waals surface area contributed by atoms with Gasteiger partial charge in [-0.1, -0.05) is 6.42 Å². The van der Waals surface area contributed by atoms with Crippen molar-refractivity contribution in [3.05, 3.63) is 35.4 Å². The van der Waals surface area contributed by atoms with E-state index in [1.54, 1.807) is 0 Å². The van der Waals surface area contributed by atoms with Crippen LogP contribution in [0.15, 0.2) is 18.2 Å². The van der Waals surface area contributed by atoms with E-state index in [2.05, 4.69) is 5.32 Å². The summed E-state index contributed by atoms with van der Waals surface area (Å²) in [5, 5.41) is 2.96. The molecule has 2 aliphatic carbocycles. The van der Waals surface area contributed by atoms with E-state index < -0.39 is 17.5 Å². The number of halogens is 2. The summed E-state index contributed by atoms with van der Waals surface area (Å²) in [6.45, 7) is 0. The van der Waals surface area contributed by atoms with Gasteiger partial charge in [-0.25, -0.2) is 8.78 Å². The molecule has 0 aromatic heterocycles. The van der Waals surface area contributed by atoms with E-state index in [-0.39, 0.29) is 17.6 Å². The molecular formula is C16H20F2N2O. The highest BCUT2D eigenvalue weighted by Crippen LogP contribution is 2.39. The van der Waals surface area contributed by atoms with Gasteiger partial charge in [-0.2, -0.15) is 0 Å². The maximum Gasteiger partial charge on any atom is 0.254 e. The number of carbonyl (C=O) groups excluding carboxylic acids is 1. The van der Waals surface area contributed by atoms with Crippen molar-refractivity contribution in [3.8, 4) is 0 Å². The van der Waals surface area contributed by atoms with E-state index in [4.69, 9.17) is 5.73 Å². The van der Waals surface area contributed by atoms with Gasteiger partial charge >= 0.3 is 0 Å². The lowest BCUT2D eigenvalue weighted by Crippen LogP contribution is -2.53. The Morgan fingerprint density at radius 1 is 1.19 bits per heavy atom. The van der Waals surface area contributed by atoms with Gasteiger partial charge in [0.25, 0.3) is 5.91 Å². The molecule has 3 N–H and O–H groups in total. The highest BCUT2D eigenvalue weighted by atomic mass is 19.1. The predicted molar refractivity (Wildman–Crippen MR) is 75.7 cm³/mol. The second kappa shape index (κ2) is 5.72. The Morgan fingerprint density at radius 3 is 2.48 bits per heavy atom. The molecule has 114 valence electrons. The van der Waals surface area contributed by atoms with Crippen molar-refractivity contribution < 1.29 is 13.6 Å². The van der Waals surface area contributed by atoms with Gasteiger partial charge in [-0.3, -0.25) is 4.79 Å². The van der Waals surface area contributed by atoms with Crippen LogP contribution in [0.5, 0.6) is 0 Å². The number of carbonyl (C=O) groups is 1. The van der Waals surface area contributed by atoms with Crippen molar-refractivity contribution in [1.82, 2.24) is 5.32 Å². The summed E-state index contributed by atoms with van der Waals surface area (Å²) in [4.78, 5) is 12.3. The Bertz CT molecular complexity index is 535. The van der Waals surface area contributed by atoms with Gasteiger partial charge in [0.05, 0.1) is 5.56 Å². The molecule has 3 nitrogen and oxygen atoms in total. The monoisotopic (exact) mass is 294 g/mol. The molecule has 0 heterocycles. The fourth-order valence-corrected chi connectivity index (χ4v) is 3.93. The van der Waals surface area contributed by atoms with Crippen LogP contribution in [0.3, 0.4) is 0 Å². The Kier molecular flexibility index (Phi) is 3.93. The van der Waals surface area contributed by atoms with Crippen LogP contribution in [-0.4, -0.2) is 18.0 Å². The van der Waals surface area contributed by atoms with Crippen molar-refractivity contribution in [2.45, 2.75) is 44.2 Å². The molecule has 2 bridgehead atoms. The molecule has 0 spiro atoms. The van der Waals surface area contributed by atoms with E-state index in [0.29, 0.717) is 11.8 Å². The molecule has 2 atom stereocenters. The van der Waals surface area contributed by atoms with Crippen LogP contribution in [0.2, 0.25) is 0 Å². The standard InChI is InChI=1S/C16H20F2N2O/c17-11-4-5-13(14(18)8-11)16(21)20-15-9-2-1-3-10(15)7-12(19)6-9/h4-5,8-10,12,15H,1-3,6-7,19H2,(H,20,21). The minimum Gasteiger partial charge on any atom is -0.349 e. The molecular weight excluding hydrogens is 274 g/mol. The molecule has 5 heteroatoms. The third-order valence-corrected chi connectivity index (χ3v) is 4.85. The summed E-state index contributed by atoms with van der Waals surface area (Å²) in [5.74, 6) is -1.19. The van der Waals surface area contributed by atoms with Crippen LogP contribution in [0, 0.1) is 23.5 Å². The average molecular weight is 294 g/mol. The molecule has 0 aliphatic heterocycles. The SMILES string of the molecule is NC1CC2CCCC(C1)C2NC(=O)c1ccc(F)cc1F. The second-order valence-electron chi connectivity index (χ2n) is 6.31. The minimum atomic E-state index is -0.815.